The number of hydrogen-bond acceptors (Lipinski definition) is 6. The number of aromatic nitrogens is 3. The van der Waals surface area contributed by atoms with Crippen molar-refractivity contribution in [2.24, 2.45) is 10.2 Å². The van der Waals surface area contributed by atoms with Crippen molar-refractivity contribution in [2.75, 3.05) is 5.43 Å². The van der Waals surface area contributed by atoms with Gasteiger partial charge in [-0.15, -0.1) is 10.2 Å². The molecule has 2 N–H and O–H groups in total. The average molecular weight is 330 g/mol. The molecule has 122 valence electrons. The lowest BCUT2D eigenvalue weighted by Gasteiger charge is -2.08. The highest BCUT2D eigenvalue weighted by Crippen LogP contribution is 2.27. The van der Waals surface area contributed by atoms with Gasteiger partial charge >= 0.3 is 0 Å². The van der Waals surface area contributed by atoms with Crippen molar-refractivity contribution in [3.05, 3.63) is 72.8 Å². The molecule has 0 atom stereocenters. The summed E-state index contributed by atoms with van der Waals surface area (Å²) >= 11 is 0. The van der Waals surface area contributed by atoms with Crippen LogP contribution in [0, 0.1) is 0 Å². The number of nitrogens with one attached hydrogen (secondary N) is 1. The lowest BCUT2D eigenvalue weighted by atomic mass is 10.3. The van der Waals surface area contributed by atoms with E-state index in [0.29, 0.717) is 11.4 Å². The summed E-state index contributed by atoms with van der Waals surface area (Å²) < 4.78 is 0. The van der Waals surface area contributed by atoms with Crippen molar-refractivity contribution in [1.82, 2.24) is 15.1 Å². The summed E-state index contributed by atoms with van der Waals surface area (Å²) in [7, 11) is 0. The van der Waals surface area contributed by atoms with E-state index in [2.05, 4.69) is 26.0 Å². The summed E-state index contributed by atoms with van der Waals surface area (Å²) in [4.78, 5) is 1.60. The molecule has 1 heterocycles. The first-order chi connectivity index (χ1) is 12.3. The molecular formula is C18H14N6O. The Balaban J connectivity index is 1.64. The molecule has 0 spiro atoms. The molecule has 0 aliphatic heterocycles. The van der Waals surface area contributed by atoms with E-state index in [9.17, 15) is 5.11 Å². The molecule has 0 amide bonds. The molecule has 0 fully saturated rings. The van der Waals surface area contributed by atoms with Crippen LogP contribution in [0.15, 0.2) is 83.0 Å². The number of anilines is 1. The molecular weight excluding hydrogens is 316 g/mol. The SMILES string of the molecule is Oc1ccc(N=Nc2ccccc2Nn2nnc3ccccc32)cc1. The number of phenols is 1. The first-order valence-corrected chi connectivity index (χ1v) is 7.67. The average Bonchev–Trinajstić information content (AvgIpc) is 3.05. The van der Waals surface area contributed by atoms with Crippen molar-refractivity contribution in [2.45, 2.75) is 0 Å². The Bertz CT molecular complexity index is 1040. The van der Waals surface area contributed by atoms with Crippen LogP contribution in [0.2, 0.25) is 0 Å². The molecule has 0 aliphatic carbocycles. The summed E-state index contributed by atoms with van der Waals surface area (Å²) in [6, 6.07) is 21.7. The summed E-state index contributed by atoms with van der Waals surface area (Å²) in [6.45, 7) is 0. The van der Waals surface area contributed by atoms with Crippen molar-refractivity contribution in [3.63, 3.8) is 0 Å². The molecule has 0 bridgehead atoms. The summed E-state index contributed by atoms with van der Waals surface area (Å²) in [5.74, 6) is 0.194. The molecule has 0 saturated heterocycles. The standard InChI is InChI=1S/C18H14N6O/c25-14-11-9-13(10-12-14)19-20-15-5-1-2-6-16(15)22-24-18-8-4-3-7-17(18)21-23-24/h1-12,22,25H. The second-order valence-corrected chi connectivity index (χ2v) is 5.34. The van der Waals surface area contributed by atoms with Gasteiger partial charge in [-0.05, 0) is 53.7 Å². The lowest BCUT2D eigenvalue weighted by molar-refractivity contribution is 0.475. The zero-order valence-corrected chi connectivity index (χ0v) is 13.1. The van der Waals surface area contributed by atoms with Gasteiger partial charge in [0.1, 0.15) is 22.5 Å². The van der Waals surface area contributed by atoms with Crippen LogP contribution >= 0.6 is 0 Å². The Hall–Kier alpha value is -3.74. The summed E-state index contributed by atoms with van der Waals surface area (Å²) in [6.07, 6.45) is 0. The van der Waals surface area contributed by atoms with Crippen molar-refractivity contribution < 1.29 is 5.11 Å². The van der Waals surface area contributed by atoms with E-state index < -0.39 is 0 Å². The number of benzene rings is 3. The molecule has 0 radical (unpaired) electrons. The van der Waals surface area contributed by atoms with E-state index in [1.165, 1.54) is 0 Å². The number of nitrogens with zero attached hydrogens (tertiary/aromatic N) is 5. The largest absolute Gasteiger partial charge is 0.508 e. The number of phenolic OH excluding ortho intramolecular Hbond substituents is 1. The molecule has 4 rings (SSSR count). The van der Waals surface area contributed by atoms with Crippen molar-refractivity contribution in [3.8, 4) is 5.75 Å². The molecule has 7 nitrogen and oxygen atoms in total. The Labute approximate surface area is 143 Å². The third-order valence-corrected chi connectivity index (χ3v) is 3.61. The minimum atomic E-state index is 0.194. The van der Waals surface area contributed by atoms with Gasteiger partial charge in [-0.1, -0.05) is 24.3 Å². The van der Waals surface area contributed by atoms with Crippen molar-refractivity contribution in [1.29, 1.82) is 0 Å². The van der Waals surface area contributed by atoms with E-state index in [1.54, 1.807) is 29.1 Å². The zero-order chi connectivity index (χ0) is 17.1. The predicted octanol–water partition coefficient (Wildman–Crippen LogP) is 4.43. The maximum Gasteiger partial charge on any atom is 0.115 e. The van der Waals surface area contributed by atoms with Crippen LogP contribution in [0.3, 0.4) is 0 Å². The fourth-order valence-corrected chi connectivity index (χ4v) is 2.35. The minimum Gasteiger partial charge on any atom is -0.508 e. The number of para-hydroxylation sites is 2. The van der Waals surface area contributed by atoms with E-state index in [-0.39, 0.29) is 5.75 Å². The molecule has 3 aromatic carbocycles. The fourth-order valence-electron chi connectivity index (χ4n) is 2.35. The Morgan fingerprint density at radius 3 is 2.48 bits per heavy atom. The second-order valence-electron chi connectivity index (χ2n) is 5.34. The number of rotatable bonds is 4. The second kappa shape index (κ2) is 6.40. The van der Waals surface area contributed by atoms with Crippen molar-refractivity contribution >= 4 is 28.1 Å². The quantitative estimate of drug-likeness (QED) is 0.542. The van der Waals surface area contributed by atoms with Crippen LogP contribution in [-0.2, 0) is 0 Å². The van der Waals surface area contributed by atoms with Gasteiger partial charge < -0.3 is 5.11 Å². The molecule has 7 heteroatoms. The highest BCUT2D eigenvalue weighted by atomic mass is 16.3. The van der Waals surface area contributed by atoms with Gasteiger partial charge in [0, 0.05) is 0 Å². The van der Waals surface area contributed by atoms with Crippen LogP contribution in [-0.4, -0.2) is 20.2 Å². The van der Waals surface area contributed by atoms with Gasteiger partial charge in [0.25, 0.3) is 0 Å². The minimum absolute atomic E-state index is 0.194. The fraction of sp³-hybridized carbons (Fsp3) is 0. The maximum atomic E-state index is 9.32. The van der Waals surface area contributed by atoms with E-state index in [0.717, 1.165) is 16.7 Å². The zero-order valence-electron chi connectivity index (χ0n) is 13.1. The summed E-state index contributed by atoms with van der Waals surface area (Å²) in [5, 5.41) is 26.0. The molecule has 25 heavy (non-hydrogen) atoms. The highest BCUT2D eigenvalue weighted by Gasteiger charge is 2.06. The van der Waals surface area contributed by atoms with Gasteiger partial charge in [0.15, 0.2) is 0 Å². The molecule has 0 aliphatic rings. The first kappa shape index (κ1) is 14.8. The Morgan fingerprint density at radius 1 is 0.840 bits per heavy atom. The molecule has 0 unspecified atom stereocenters. The van der Waals surface area contributed by atoms with E-state index in [4.69, 9.17) is 0 Å². The molecule has 1 aromatic heterocycles. The first-order valence-electron chi connectivity index (χ1n) is 7.67. The van der Waals surface area contributed by atoms with Crippen LogP contribution in [0.5, 0.6) is 5.75 Å². The lowest BCUT2D eigenvalue weighted by Crippen LogP contribution is -2.10. The Kier molecular flexibility index (Phi) is 3.80. The van der Waals surface area contributed by atoms with Gasteiger partial charge in [-0.3, -0.25) is 5.43 Å². The normalized spacial score (nSPS) is 11.2. The van der Waals surface area contributed by atoms with Crippen LogP contribution in [0.1, 0.15) is 0 Å². The highest BCUT2D eigenvalue weighted by molar-refractivity contribution is 5.75. The molecule has 4 aromatic rings. The van der Waals surface area contributed by atoms with Gasteiger partial charge in [-0.25, -0.2) is 0 Å². The predicted molar refractivity (Wildman–Crippen MR) is 95.3 cm³/mol. The summed E-state index contributed by atoms with van der Waals surface area (Å²) in [5.41, 5.74) is 6.93. The van der Waals surface area contributed by atoms with Gasteiger partial charge in [0.2, 0.25) is 0 Å². The third kappa shape index (κ3) is 3.16. The van der Waals surface area contributed by atoms with Gasteiger partial charge in [0.05, 0.1) is 11.4 Å². The number of hydrogen-bond donors (Lipinski definition) is 2. The van der Waals surface area contributed by atoms with E-state index >= 15 is 0 Å². The number of azo groups is 1. The van der Waals surface area contributed by atoms with Crippen LogP contribution < -0.4 is 5.43 Å². The maximum absolute atomic E-state index is 9.32. The monoisotopic (exact) mass is 330 g/mol. The van der Waals surface area contributed by atoms with Gasteiger partial charge in [-0.2, -0.15) is 9.91 Å². The molecule has 0 saturated carbocycles. The van der Waals surface area contributed by atoms with E-state index in [1.807, 2.05) is 48.5 Å². The number of fused-ring (bicyclic) bond motifs is 1. The topological polar surface area (TPSA) is 87.7 Å². The smallest absolute Gasteiger partial charge is 0.115 e. The number of aromatic hydroxyl groups is 1. The van der Waals surface area contributed by atoms with Crippen LogP contribution in [0.4, 0.5) is 17.1 Å². The van der Waals surface area contributed by atoms with Crippen LogP contribution in [0.25, 0.3) is 11.0 Å². The Morgan fingerprint density at radius 2 is 1.60 bits per heavy atom. The third-order valence-electron chi connectivity index (χ3n) is 3.61.